The van der Waals surface area contributed by atoms with E-state index in [4.69, 9.17) is 5.11 Å². The summed E-state index contributed by atoms with van der Waals surface area (Å²) in [5, 5.41) is 8.94. The van der Waals surface area contributed by atoms with Gasteiger partial charge in [-0.05, 0) is 31.2 Å². The topological polar surface area (TPSA) is 87.2 Å². The van der Waals surface area contributed by atoms with E-state index in [0.717, 1.165) is 33.5 Å². The van der Waals surface area contributed by atoms with Gasteiger partial charge in [0.15, 0.2) is 0 Å². The Labute approximate surface area is 136 Å². The van der Waals surface area contributed by atoms with Crippen molar-refractivity contribution in [3.8, 4) is 5.75 Å². The Balaban J connectivity index is 2.17. The number of hydrogen-bond donors (Lipinski definition) is 1. The molecule has 0 bridgehead atoms. The van der Waals surface area contributed by atoms with Crippen molar-refractivity contribution in [1.29, 1.82) is 0 Å². The smallest absolute Gasteiger partial charge is 0.465 e. The maximum atomic E-state index is 12.6. The molecule has 11 heteroatoms. The van der Waals surface area contributed by atoms with Crippen LogP contribution in [0, 0.1) is 0 Å². The molecule has 0 radical (unpaired) electrons. The minimum atomic E-state index is -4.86. The summed E-state index contributed by atoms with van der Waals surface area (Å²) in [6.07, 6.45) is -5.99. The van der Waals surface area contributed by atoms with E-state index >= 15 is 0 Å². The van der Waals surface area contributed by atoms with Gasteiger partial charge >= 0.3 is 12.5 Å². The highest BCUT2D eigenvalue weighted by Gasteiger charge is 2.35. The van der Waals surface area contributed by atoms with E-state index < -0.39 is 34.3 Å². The lowest BCUT2D eigenvalue weighted by Gasteiger charge is -2.37. The van der Waals surface area contributed by atoms with Crippen molar-refractivity contribution in [2.75, 3.05) is 19.6 Å². The molecule has 1 fully saturated rings. The third-order valence-electron chi connectivity index (χ3n) is 3.50. The Kier molecular flexibility index (Phi) is 4.95. The first-order valence-electron chi connectivity index (χ1n) is 6.86. The van der Waals surface area contributed by atoms with Gasteiger partial charge in [-0.15, -0.1) is 13.2 Å². The molecule has 2 rings (SSSR count). The highest BCUT2D eigenvalue weighted by Crippen LogP contribution is 2.26. The molecule has 1 atom stereocenters. The third kappa shape index (κ3) is 4.09. The first-order chi connectivity index (χ1) is 11.0. The normalized spacial score (nSPS) is 20.0. The van der Waals surface area contributed by atoms with Crippen LogP contribution in [-0.2, 0) is 10.0 Å². The highest BCUT2D eigenvalue weighted by molar-refractivity contribution is 7.89. The molecular weight excluding hydrogens is 353 g/mol. The predicted octanol–water partition coefficient (Wildman–Crippen LogP) is 1.96. The first kappa shape index (κ1) is 18.3. The van der Waals surface area contributed by atoms with Crippen molar-refractivity contribution in [2.24, 2.45) is 0 Å². The number of rotatable bonds is 3. The summed E-state index contributed by atoms with van der Waals surface area (Å²) in [5.74, 6) is -0.523. The highest BCUT2D eigenvalue weighted by atomic mass is 32.2. The lowest BCUT2D eigenvalue weighted by Crippen LogP contribution is -2.55. The number of piperazine rings is 1. The molecule has 1 aromatic rings. The molecule has 0 aromatic heterocycles. The Morgan fingerprint density at radius 1 is 1.25 bits per heavy atom. The number of ether oxygens (including phenoxy) is 1. The van der Waals surface area contributed by atoms with Crippen molar-refractivity contribution < 1.29 is 36.2 Å². The molecule has 0 spiro atoms. The van der Waals surface area contributed by atoms with Crippen LogP contribution in [-0.4, -0.2) is 60.9 Å². The van der Waals surface area contributed by atoms with Gasteiger partial charge in [-0.3, -0.25) is 0 Å². The number of halogens is 3. The van der Waals surface area contributed by atoms with E-state index in [1.165, 1.54) is 0 Å². The van der Waals surface area contributed by atoms with Crippen LogP contribution in [0.2, 0.25) is 0 Å². The average molecular weight is 368 g/mol. The zero-order valence-electron chi connectivity index (χ0n) is 12.5. The number of carboxylic acid groups (broad SMARTS) is 1. The quantitative estimate of drug-likeness (QED) is 0.881. The SMILES string of the molecule is C[C@H]1CN(C(=O)O)CCN1S(=O)(=O)c1ccc(OC(F)(F)F)cc1. The average Bonchev–Trinajstić information content (AvgIpc) is 2.45. The molecule has 0 saturated carbocycles. The van der Waals surface area contributed by atoms with Gasteiger partial charge in [0, 0.05) is 25.7 Å². The predicted molar refractivity (Wildman–Crippen MR) is 76.1 cm³/mol. The number of carbonyl (C=O) groups is 1. The molecule has 134 valence electrons. The second-order valence-corrected chi connectivity index (χ2v) is 7.10. The van der Waals surface area contributed by atoms with Crippen molar-refractivity contribution in [2.45, 2.75) is 24.2 Å². The van der Waals surface area contributed by atoms with Gasteiger partial charge in [0.2, 0.25) is 10.0 Å². The lowest BCUT2D eigenvalue weighted by molar-refractivity contribution is -0.274. The van der Waals surface area contributed by atoms with E-state index in [1.54, 1.807) is 6.92 Å². The van der Waals surface area contributed by atoms with E-state index in [1.807, 2.05) is 0 Å². The van der Waals surface area contributed by atoms with E-state index in [0.29, 0.717) is 0 Å². The van der Waals surface area contributed by atoms with Crippen molar-refractivity contribution in [1.82, 2.24) is 9.21 Å². The fourth-order valence-corrected chi connectivity index (χ4v) is 4.03. The number of benzene rings is 1. The molecule has 1 aliphatic rings. The van der Waals surface area contributed by atoms with E-state index in [2.05, 4.69) is 4.74 Å². The molecule has 7 nitrogen and oxygen atoms in total. The van der Waals surface area contributed by atoms with Crippen LogP contribution in [0.15, 0.2) is 29.2 Å². The molecule has 1 N–H and O–H groups in total. The molecule has 24 heavy (non-hydrogen) atoms. The standard InChI is InChI=1S/C13H15F3N2O5S/c1-9-8-17(12(19)20)6-7-18(9)24(21,22)11-4-2-10(3-5-11)23-13(14,15)16/h2-5,9H,6-8H2,1H3,(H,19,20)/t9-/m0/s1. The van der Waals surface area contributed by atoms with Crippen LogP contribution < -0.4 is 4.74 Å². The summed E-state index contributed by atoms with van der Waals surface area (Å²) in [6.45, 7) is 1.57. The second-order valence-electron chi connectivity index (χ2n) is 5.21. The van der Waals surface area contributed by atoms with Gasteiger partial charge in [-0.2, -0.15) is 4.31 Å². The van der Waals surface area contributed by atoms with Gasteiger partial charge in [0.1, 0.15) is 5.75 Å². The molecule has 0 aliphatic carbocycles. The van der Waals surface area contributed by atoms with Gasteiger partial charge < -0.3 is 14.7 Å². The molecule has 1 aliphatic heterocycles. The van der Waals surface area contributed by atoms with Gasteiger partial charge in [-0.1, -0.05) is 0 Å². The van der Waals surface area contributed by atoms with Crippen LogP contribution in [0.3, 0.4) is 0 Å². The van der Waals surface area contributed by atoms with Crippen LogP contribution in [0.4, 0.5) is 18.0 Å². The van der Waals surface area contributed by atoms with Crippen molar-refractivity contribution in [3.05, 3.63) is 24.3 Å². The first-order valence-corrected chi connectivity index (χ1v) is 8.30. The number of nitrogens with zero attached hydrogens (tertiary/aromatic N) is 2. The lowest BCUT2D eigenvalue weighted by atomic mass is 10.2. The number of hydrogen-bond acceptors (Lipinski definition) is 4. The summed E-state index contributed by atoms with van der Waals surface area (Å²) in [4.78, 5) is 11.9. The zero-order valence-corrected chi connectivity index (χ0v) is 13.3. The largest absolute Gasteiger partial charge is 0.573 e. The summed E-state index contributed by atoms with van der Waals surface area (Å²) in [7, 11) is -3.94. The summed E-state index contributed by atoms with van der Waals surface area (Å²) in [5.41, 5.74) is 0. The van der Waals surface area contributed by atoms with E-state index in [9.17, 15) is 26.4 Å². The molecule has 1 heterocycles. The van der Waals surface area contributed by atoms with Gasteiger partial charge in [0.05, 0.1) is 4.90 Å². The van der Waals surface area contributed by atoms with Crippen LogP contribution in [0.25, 0.3) is 0 Å². The summed E-state index contributed by atoms with van der Waals surface area (Å²) in [6, 6.07) is 3.28. The summed E-state index contributed by atoms with van der Waals surface area (Å²) < 4.78 is 66.3. The Morgan fingerprint density at radius 2 is 1.83 bits per heavy atom. The van der Waals surface area contributed by atoms with Crippen molar-refractivity contribution >= 4 is 16.1 Å². The Morgan fingerprint density at radius 3 is 2.29 bits per heavy atom. The molecular formula is C13H15F3N2O5S. The maximum Gasteiger partial charge on any atom is 0.573 e. The monoisotopic (exact) mass is 368 g/mol. The molecule has 1 aromatic carbocycles. The minimum Gasteiger partial charge on any atom is -0.465 e. The molecule has 1 saturated heterocycles. The summed E-state index contributed by atoms with van der Waals surface area (Å²) >= 11 is 0. The van der Waals surface area contributed by atoms with Gasteiger partial charge in [-0.25, -0.2) is 13.2 Å². The fraction of sp³-hybridized carbons (Fsp3) is 0.462. The zero-order chi connectivity index (χ0) is 18.1. The Bertz CT molecular complexity index is 705. The van der Waals surface area contributed by atoms with Crippen LogP contribution in [0.5, 0.6) is 5.75 Å². The van der Waals surface area contributed by atoms with Crippen LogP contribution in [0.1, 0.15) is 6.92 Å². The number of alkyl halides is 3. The fourth-order valence-electron chi connectivity index (χ4n) is 2.42. The second kappa shape index (κ2) is 6.48. The Hall–Kier alpha value is -2.01. The molecule has 0 unspecified atom stereocenters. The number of amides is 1. The van der Waals surface area contributed by atoms with Crippen molar-refractivity contribution in [3.63, 3.8) is 0 Å². The third-order valence-corrected chi connectivity index (χ3v) is 5.53. The number of sulfonamides is 1. The van der Waals surface area contributed by atoms with Crippen LogP contribution >= 0.6 is 0 Å². The van der Waals surface area contributed by atoms with Gasteiger partial charge in [0.25, 0.3) is 0 Å². The molecule has 1 amide bonds. The minimum absolute atomic E-state index is 0.0177. The maximum absolute atomic E-state index is 12.6. The van der Waals surface area contributed by atoms with E-state index in [-0.39, 0.29) is 24.5 Å².